The summed E-state index contributed by atoms with van der Waals surface area (Å²) in [5.74, 6) is 0. The fraction of sp³-hybridized carbons (Fsp3) is 0.727. The van der Waals surface area contributed by atoms with Gasteiger partial charge in [-0.3, -0.25) is 5.41 Å². The lowest BCUT2D eigenvalue weighted by Gasteiger charge is -2.14. The maximum absolute atomic E-state index is 7.83. The van der Waals surface area contributed by atoms with Gasteiger partial charge in [0, 0.05) is 17.6 Å². The van der Waals surface area contributed by atoms with E-state index in [0.717, 1.165) is 13.0 Å². The van der Waals surface area contributed by atoms with Crippen LogP contribution in [0, 0.1) is 5.41 Å². The molecular weight excluding hydrogens is 319 g/mol. The largest absolute Gasteiger partial charge is 0.324 e. The highest BCUT2D eigenvalue weighted by atomic mass is 127. The molecule has 0 aromatic carbocycles. The average Bonchev–Trinajstić information content (AvgIpc) is 2.43. The molecule has 0 fully saturated rings. The van der Waals surface area contributed by atoms with Crippen LogP contribution in [0.2, 0.25) is 0 Å². The third-order valence-corrected chi connectivity index (χ3v) is 3.60. The van der Waals surface area contributed by atoms with Crippen molar-refractivity contribution in [3.05, 3.63) is 15.9 Å². The lowest BCUT2D eigenvalue weighted by Crippen LogP contribution is -2.11. The average molecular weight is 340 g/mol. The summed E-state index contributed by atoms with van der Waals surface area (Å²) < 4.78 is 2.06. The van der Waals surface area contributed by atoms with Crippen molar-refractivity contribution < 1.29 is 0 Å². The van der Waals surface area contributed by atoms with E-state index in [0.29, 0.717) is 4.80 Å². The van der Waals surface area contributed by atoms with Crippen molar-refractivity contribution in [1.29, 1.82) is 5.41 Å². The van der Waals surface area contributed by atoms with Gasteiger partial charge in [0.2, 0.25) is 0 Å². The Balaban J connectivity index is 0.00000196. The molecule has 1 aromatic heterocycles. The van der Waals surface area contributed by atoms with Gasteiger partial charge in [0.15, 0.2) is 4.80 Å². The van der Waals surface area contributed by atoms with Crippen molar-refractivity contribution in [2.75, 3.05) is 0 Å². The Bertz CT molecular complexity index is 346. The Hall–Kier alpha value is 0.160. The van der Waals surface area contributed by atoms with Crippen LogP contribution in [0.15, 0.2) is 6.20 Å². The first-order valence-electron chi connectivity index (χ1n) is 5.20. The van der Waals surface area contributed by atoms with E-state index in [1.807, 2.05) is 0 Å². The molecule has 0 unspecified atom stereocenters. The van der Waals surface area contributed by atoms with Gasteiger partial charge in [0.25, 0.3) is 0 Å². The second-order valence-corrected chi connectivity index (χ2v) is 5.73. The molecule has 0 radical (unpaired) electrons. The molecule has 0 saturated heterocycles. The first kappa shape index (κ1) is 15.2. The second-order valence-electron chi connectivity index (χ2n) is 4.70. The van der Waals surface area contributed by atoms with Gasteiger partial charge < -0.3 is 4.57 Å². The van der Waals surface area contributed by atoms with Gasteiger partial charge in [0.1, 0.15) is 0 Å². The highest BCUT2D eigenvalue weighted by Crippen LogP contribution is 2.24. The number of hydrogen-bond donors (Lipinski definition) is 1. The number of aryl methyl sites for hydroxylation is 1. The van der Waals surface area contributed by atoms with E-state index < -0.39 is 0 Å². The summed E-state index contributed by atoms with van der Waals surface area (Å²) in [5, 5.41) is 7.83. The molecule has 0 amide bonds. The van der Waals surface area contributed by atoms with Crippen molar-refractivity contribution in [3.63, 3.8) is 0 Å². The maximum Gasteiger partial charge on any atom is 0.182 e. The van der Waals surface area contributed by atoms with E-state index in [2.05, 4.69) is 38.5 Å². The number of nitrogens with zero attached hydrogens (tertiary/aromatic N) is 1. The molecule has 1 heterocycles. The summed E-state index contributed by atoms with van der Waals surface area (Å²) in [6.45, 7) is 9.76. The zero-order valence-corrected chi connectivity index (χ0v) is 13.1. The first-order chi connectivity index (χ1) is 6.45. The Morgan fingerprint density at radius 1 is 1.40 bits per heavy atom. The number of hydrogen-bond acceptors (Lipinski definition) is 2. The van der Waals surface area contributed by atoms with Crippen LogP contribution in [0.4, 0.5) is 0 Å². The second kappa shape index (κ2) is 6.03. The standard InChI is InChI=1S/C11H20N2S.HI/c1-5-6-7-13-8-9(11(2,3)4)14-10(13)12;/h8,12H,5-7H2,1-4H3;1H. The number of aromatic nitrogens is 1. The highest BCUT2D eigenvalue weighted by molar-refractivity contribution is 14.0. The first-order valence-corrected chi connectivity index (χ1v) is 6.02. The van der Waals surface area contributed by atoms with E-state index in [-0.39, 0.29) is 29.4 Å². The predicted octanol–water partition coefficient (Wildman–Crippen LogP) is 3.74. The SMILES string of the molecule is CCCCn1cc(C(C)(C)C)sc1=N.I. The summed E-state index contributed by atoms with van der Waals surface area (Å²) in [7, 11) is 0. The maximum atomic E-state index is 7.83. The molecular formula is C11H21IN2S. The summed E-state index contributed by atoms with van der Waals surface area (Å²) in [4.78, 5) is 1.99. The third kappa shape index (κ3) is 4.26. The summed E-state index contributed by atoms with van der Waals surface area (Å²) in [6.07, 6.45) is 4.49. The van der Waals surface area contributed by atoms with Gasteiger partial charge in [-0.15, -0.1) is 35.3 Å². The van der Waals surface area contributed by atoms with Crippen molar-refractivity contribution >= 4 is 35.3 Å². The lowest BCUT2D eigenvalue weighted by atomic mass is 9.95. The van der Waals surface area contributed by atoms with E-state index >= 15 is 0 Å². The van der Waals surface area contributed by atoms with Gasteiger partial charge in [-0.25, -0.2) is 0 Å². The van der Waals surface area contributed by atoms with Gasteiger partial charge in [-0.1, -0.05) is 34.1 Å². The Labute approximate surface area is 113 Å². The van der Waals surface area contributed by atoms with E-state index in [1.54, 1.807) is 11.3 Å². The van der Waals surface area contributed by atoms with Crippen molar-refractivity contribution in [3.8, 4) is 0 Å². The van der Waals surface area contributed by atoms with Crippen LogP contribution in [-0.2, 0) is 12.0 Å². The topological polar surface area (TPSA) is 28.8 Å². The van der Waals surface area contributed by atoms with Crippen LogP contribution in [-0.4, -0.2) is 4.57 Å². The van der Waals surface area contributed by atoms with Crippen LogP contribution in [0.1, 0.15) is 45.4 Å². The van der Waals surface area contributed by atoms with Crippen molar-refractivity contribution in [2.45, 2.75) is 52.5 Å². The molecule has 0 aliphatic heterocycles. The minimum absolute atomic E-state index is 0. The molecule has 2 nitrogen and oxygen atoms in total. The minimum Gasteiger partial charge on any atom is -0.324 e. The van der Waals surface area contributed by atoms with Crippen molar-refractivity contribution in [2.24, 2.45) is 0 Å². The Morgan fingerprint density at radius 2 is 2.00 bits per heavy atom. The summed E-state index contributed by atoms with van der Waals surface area (Å²) in [5.41, 5.74) is 0.179. The van der Waals surface area contributed by atoms with Crippen LogP contribution in [0.25, 0.3) is 0 Å². The minimum atomic E-state index is 0. The summed E-state index contributed by atoms with van der Waals surface area (Å²) in [6, 6.07) is 0. The van der Waals surface area contributed by atoms with Crippen molar-refractivity contribution in [1.82, 2.24) is 4.57 Å². The molecule has 0 aliphatic rings. The lowest BCUT2D eigenvalue weighted by molar-refractivity contribution is 0.580. The number of halogens is 1. The van der Waals surface area contributed by atoms with E-state index in [1.165, 1.54) is 11.3 Å². The van der Waals surface area contributed by atoms with Gasteiger partial charge >= 0.3 is 0 Å². The fourth-order valence-corrected chi connectivity index (χ4v) is 2.19. The molecule has 0 aliphatic carbocycles. The zero-order valence-electron chi connectivity index (χ0n) is 9.96. The summed E-state index contributed by atoms with van der Waals surface area (Å²) >= 11 is 1.60. The van der Waals surface area contributed by atoms with Crippen LogP contribution >= 0.6 is 35.3 Å². The number of unbranched alkanes of at least 4 members (excludes halogenated alkanes) is 1. The smallest absolute Gasteiger partial charge is 0.182 e. The van der Waals surface area contributed by atoms with Gasteiger partial charge in [-0.2, -0.15) is 0 Å². The Kier molecular flexibility index (Phi) is 6.10. The molecule has 1 N–H and O–H groups in total. The van der Waals surface area contributed by atoms with Gasteiger partial charge in [0.05, 0.1) is 0 Å². The molecule has 1 aromatic rings. The molecule has 88 valence electrons. The Morgan fingerprint density at radius 3 is 2.40 bits per heavy atom. The zero-order chi connectivity index (χ0) is 10.8. The monoisotopic (exact) mass is 340 g/mol. The molecule has 0 atom stereocenters. The van der Waals surface area contributed by atoms with Gasteiger partial charge in [-0.05, 0) is 11.8 Å². The molecule has 0 saturated carbocycles. The van der Waals surface area contributed by atoms with Crippen LogP contribution < -0.4 is 4.80 Å². The molecule has 1 rings (SSSR count). The highest BCUT2D eigenvalue weighted by Gasteiger charge is 2.16. The number of nitrogens with one attached hydrogen (secondary N) is 1. The molecule has 0 spiro atoms. The van der Waals surface area contributed by atoms with E-state index in [4.69, 9.17) is 5.41 Å². The number of rotatable bonds is 3. The van der Waals surface area contributed by atoms with E-state index in [9.17, 15) is 0 Å². The normalized spacial score (nSPS) is 11.2. The molecule has 0 bridgehead atoms. The molecule has 15 heavy (non-hydrogen) atoms. The quantitative estimate of drug-likeness (QED) is 0.812. The van der Waals surface area contributed by atoms with Crippen LogP contribution in [0.5, 0.6) is 0 Å². The van der Waals surface area contributed by atoms with Crippen LogP contribution in [0.3, 0.4) is 0 Å². The number of thiazole rings is 1. The third-order valence-electron chi connectivity index (χ3n) is 2.23. The predicted molar refractivity (Wildman–Crippen MR) is 77.2 cm³/mol. The molecule has 4 heteroatoms. The fourth-order valence-electron chi connectivity index (χ4n) is 1.23.